The zero-order valence-corrected chi connectivity index (χ0v) is 15.2. The van der Waals surface area contributed by atoms with E-state index in [1.807, 2.05) is 29.2 Å². The molecule has 6 heteroatoms. The van der Waals surface area contributed by atoms with Crippen molar-refractivity contribution in [2.75, 3.05) is 47.0 Å². The van der Waals surface area contributed by atoms with Crippen LogP contribution in [0.25, 0.3) is 0 Å². The highest BCUT2D eigenvalue weighted by Crippen LogP contribution is 2.27. The average molecular weight is 347 g/mol. The van der Waals surface area contributed by atoms with Crippen molar-refractivity contribution in [2.24, 2.45) is 5.92 Å². The highest BCUT2D eigenvalue weighted by molar-refractivity contribution is 5.74. The zero-order valence-electron chi connectivity index (χ0n) is 15.2. The minimum atomic E-state index is 0.00613. The van der Waals surface area contributed by atoms with E-state index in [9.17, 15) is 4.79 Å². The summed E-state index contributed by atoms with van der Waals surface area (Å²) in [6.07, 6.45) is 2.39. The third kappa shape index (κ3) is 4.64. The van der Waals surface area contributed by atoms with E-state index in [2.05, 4.69) is 10.2 Å². The molecule has 4 rings (SSSR count). The van der Waals surface area contributed by atoms with Crippen molar-refractivity contribution in [1.29, 1.82) is 0 Å². The van der Waals surface area contributed by atoms with Gasteiger partial charge >= 0.3 is 6.03 Å². The molecule has 3 fully saturated rings. The fourth-order valence-corrected chi connectivity index (χ4v) is 3.78. The molecule has 3 heterocycles. The van der Waals surface area contributed by atoms with E-state index in [1.165, 1.54) is 25.9 Å². The highest BCUT2D eigenvalue weighted by Gasteiger charge is 2.35. The molecule has 1 N–H and O–H groups in total. The Morgan fingerprint density at radius 2 is 1.96 bits per heavy atom. The van der Waals surface area contributed by atoms with E-state index in [-0.39, 0.29) is 12.1 Å². The maximum Gasteiger partial charge on any atom is 0.318 e. The van der Waals surface area contributed by atoms with Crippen LogP contribution in [0.5, 0.6) is 5.75 Å². The summed E-state index contributed by atoms with van der Waals surface area (Å²) in [6, 6.07) is 8.13. The lowest BCUT2D eigenvalue weighted by Crippen LogP contribution is -2.59. The normalized spacial score (nSPS) is 24.8. The van der Waals surface area contributed by atoms with Crippen LogP contribution in [0.2, 0.25) is 0 Å². The summed E-state index contributed by atoms with van der Waals surface area (Å²) < 4.78 is 10.4. The van der Waals surface area contributed by atoms with Crippen molar-refractivity contribution in [1.82, 2.24) is 15.1 Å². The van der Waals surface area contributed by atoms with Crippen molar-refractivity contribution in [3.63, 3.8) is 0 Å². The van der Waals surface area contributed by atoms with Crippen molar-refractivity contribution in [2.45, 2.75) is 25.4 Å². The maximum atomic E-state index is 12.8. The molecule has 2 amide bonds. The summed E-state index contributed by atoms with van der Waals surface area (Å²) in [4.78, 5) is 17.1. The molecular weight excluding hydrogens is 318 g/mol. The van der Waals surface area contributed by atoms with Crippen LogP contribution >= 0.6 is 0 Å². The molecule has 2 bridgehead atoms. The van der Waals surface area contributed by atoms with E-state index < -0.39 is 0 Å². The van der Waals surface area contributed by atoms with Gasteiger partial charge in [0.1, 0.15) is 5.75 Å². The van der Waals surface area contributed by atoms with Gasteiger partial charge in [-0.05, 0) is 49.5 Å². The summed E-state index contributed by atoms with van der Waals surface area (Å²) in [7, 11) is 3.32. The lowest BCUT2D eigenvalue weighted by molar-refractivity contribution is 0.0711. The maximum absolute atomic E-state index is 12.8. The Labute approximate surface area is 150 Å². The number of carbonyl (C=O) groups is 1. The second-order valence-electron chi connectivity index (χ2n) is 6.96. The Balaban J connectivity index is 1.61. The van der Waals surface area contributed by atoms with Gasteiger partial charge in [0.25, 0.3) is 0 Å². The molecule has 0 radical (unpaired) electrons. The topological polar surface area (TPSA) is 54.0 Å². The summed E-state index contributed by atoms with van der Waals surface area (Å²) >= 11 is 0. The molecule has 3 saturated heterocycles. The van der Waals surface area contributed by atoms with Crippen LogP contribution in [0.3, 0.4) is 0 Å². The van der Waals surface area contributed by atoms with Gasteiger partial charge in [-0.25, -0.2) is 4.79 Å². The minimum Gasteiger partial charge on any atom is -0.497 e. The van der Waals surface area contributed by atoms with Gasteiger partial charge < -0.3 is 24.6 Å². The Bertz CT molecular complexity index is 556. The van der Waals surface area contributed by atoms with E-state index >= 15 is 0 Å². The van der Waals surface area contributed by atoms with Crippen LogP contribution in [0.1, 0.15) is 18.4 Å². The largest absolute Gasteiger partial charge is 0.497 e. The molecule has 138 valence electrons. The zero-order chi connectivity index (χ0) is 17.6. The summed E-state index contributed by atoms with van der Waals surface area (Å²) in [5.41, 5.74) is 1.08. The Morgan fingerprint density at radius 1 is 1.24 bits per heavy atom. The van der Waals surface area contributed by atoms with Crippen LogP contribution in [0.15, 0.2) is 24.3 Å². The van der Waals surface area contributed by atoms with Gasteiger partial charge in [0.2, 0.25) is 0 Å². The van der Waals surface area contributed by atoms with E-state index in [1.54, 1.807) is 14.2 Å². The first kappa shape index (κ1) is 18.0. The van der Waals surface area contributed by atoms with Gasteiger partial charge in [-0.3, -0.25) is 0 Å². The molecule has 0 saturated carbocycles. The van der Waals surface area contributed by atoms with Crippen molar-refractivity contribution >= 4 is 6.03 Å². The Morgan fingerprint density at radius 3 is 2.52 bits per heavy atom. The predicted octanol–water partition coefficient (Wildman–Crippen LogP) is 1.95. The summed E-state index contributed by atoms with van der Waals surface area (Å²) in [5, 5.41) is 3.27. The lowest BCUT2D eigenvalue weighted by Gasteiger charge is -2.45. The monoisotopic (exact) mass is 347 g/mol. The first-order valence-corrected chi connectivity index (χ1v) is 9.09. The molecule has 1 aromatic carbocycles. The Hall–Kier alpha value is -1.79. The highest BCUT2D eigenvalue weighted by atomic mass is 16.5. The summed E-state index contributed by atoms with van der Waals surface area (Å²) in [5.74, 6) is 1.45. The van der Waals surface area contributed by atoms with Crippen LogP contribution in [-0.4, -0.2) is 68.9 Å². The van der Waals surface area contributed by atoms with Crippen molar-refractivity contribution in [3.8, 4) is 5.75 Å². The second kappa shape index (κ2) is 8.54. The average Bonchev–Trinajstić information content (AvgIpc) is 2.66. The number of urea groups is 1. The number of hydrogen-bond acceptors (Lipinski definition) is 4. The number of nitrogens with zero attached hydrogens (tertiary/aromatic N) is 2. The van der Waals surface area contributed by atoms with Gasteiger partial charge in [0.15, 0.2) is 0 Å². The number of benzene rings is 1. The lowest BCUT2D eigenvalue weighted by atomic mass is 9.84. The number of carbonyl (C=O) groups excluding carboxylic acids is 1. The fraction of sp³-hybridized carbons (Fsp3) is 0.632. The molecule has 1 atom stereocenters. The number of fused-ring (bicyclic) bond motifs is 3. The number of nitrogens with one attached hydrogen (secondary N) is 1. The third-order valence-electron chi connectivity index (χ3n) is 5.35. The smallest absolute Gasteiger partial charge is 0.318 e. The fourth-order valence-electron chi connectivity index (χ4n) is 3.78. The molecule has 6 nitrogen and oxygen atoms in total. The van der Waals surface area contributed by atoms with Crippen LogP contribution in [0, 0.1) is 5.92 Å². The Kier molecular flexibility index (Phi) is 6.15. The van der Waals surface area contributed by atoms with Crippen LogP contribution in [-0.2, 0) is 11.3 Å². The molecule has 3 aliphatic heterocycles. The first-order valence-electron chi connectivity index (χ1n) is 9.09. The minimum absolute atomic E-state index is 0.00613. The molecule has 0 aliphatic carbocycles. The molecule has 0 spiro atoms. The molecular formula is C19H29N3O3. The van der Waals surface area contributed by atoms with Gasteiger partial charge in [0, 0.05) is 32.8 Å². The SMILES string of the molecule is COCCN(Cc1ccc(OC)cc1)C(=O)N[C@H]1CN2CCC1CC2. The number of rotatable bonds is 7. The van der Waals surface area contributed by atoms with Gasteiger partial charge in [-0.2, -0.15) is 0 Å². The number of ether oxygens (including phenoxy) is 2. The molecule has 3 aliphatic rings. The number of hydrogen-bond donors (Lipinski definition) is 1. The second-order valence-corrected chi connectivity index (χ2v) is 6.96. The summed E-state index contributed by atoms with van der Waals surface area (Å²) in [6.45, 7) is 5.02. The molecule has 25 heavy (non-hydrogen) atoms. The van der Waals surface area contributed by atoms with Crippen LogP contribution in [0.4, 0.5) is 4.79 Å². The van der Waals surface area contributed by atoms with Gasteiger partial charge in [-0.1, -0.05) is 12.1 Å². The third-order valence-corrected chi connectivity index (χ3v) is 5.35. The van der Waals surface area contributed by atoms with Crippen LogP contribution < -0.4 is 10.1 Å². The predicted molar refractivity (Wildman–Crippen MR) is 96.8 cm³/mol. The number of amides is 2. The van der Waals surface area contributed by atoms with Crippen molar-refractivity contribution in [3.05, 3.63) is 29.8 Å². The van der Waals surface area contributed by atoms with E-state index in [0.29, 0.717) is 25.6 Å². The molecule has 1 aromatic rings. The number of piperidine rings is 3. The quantitative estimate of drug-likeness (QED) is 0.819. The van der Waals surface area contributed by atoms with E-state index in [4.69, 9.17) is 9.47 Å². The molecule has 0 aromatic heterocycles. The van der Waals surface area contributed by atoms with Gasteiger partial charge in [-0.15, -0.1) is 0 Å². The standard InChI is InChI=1S/C19H29N3O3/c1-24-12-11-22(13-15-3-5-17(25-2)6-4-15)19(23)20-18-14-21-9-7-16(18)8-10-21/h3-6,16,18H,7-14H2,1-2H3,(H,20,23)/t18-/m0/s1. The number of methoxy groups -OCH3 is 2. The van der Waals surface area contributed by atoms with Gasteiger partial charge in [0.05, 0.1) is 13.7 Å². The van der Waals surface area contributed by atoms with E-state index in [0.717, 1.165) is 17.9 Å². The first-order chi connectivity index (χ1) is 12.2. The van der Waals surface area contributed by atoms with Crippen molar-refractivity contribution < 1.29 is 14.3 Å². The molecule has 0 unspecified atom stereocenters.